The number of anilines is 2. The molecule has 2 N–H and O–H groups in total. The maximum absolute atomic E-state index is 12.4. The van der Waals surface area contributed by atoms with Crippen LogP contribution in [0.3, 0.4) is 0 Å². The van der Waals surface area contributed by atoms with Gasteiger partial charge in [0.1, 0.15) is 6.04 Å². The van der Waals surface area contributed by atoms with E-state index in [0.29, 0.717) is 11.5 Å². The topological polar surface area (TPSA) is 80.0 Å². The number of rotatable bonds is 7. The number of nitrogens with zero attached hydrogens (tertiary/aromatic N) is 2. The maximum atomic E-state index is 12.4. The molecule has 0 fully saturated rings. The highest BCUT2D eigenvalue weighted by Crippen LogP contribution is 2.27. The zero-order valence-electron chi connectivity index (χ0n) is 15.8. The van der Waals surface area contributed by atoms with Gasteiger partial charge in [0.05, 0.1) is 0 Å². The summed E-state index contributed by atoms with van der Waals surface area (Å²) < 4.78 is 5.35. The van der Waals surface area contributed by atoms with Crippen molar-refractivity contribution < 1.29 is 9.32 Å². The molecule has 1 aromatic heterocycles. The van der Waals surface area contributed by atoms with Crippen LogP contribution in [0.25, 0.3) is 0 Å². The number of hydrogen-bond donors (Lipinski definition) is 2. The van der Waals surface area contributed by atoms with E-state index in [1.54, 1.807) is 12.1 Å². The molecule has 6 heteroatoms. The Morgan fingerprint density at radius 3 is 2.59 bits per heavy atom. The maximum Gasteiger partial charge on any atom is 0.255 e. The molecule has 0 aliphatic carbocycles. The van der Waals surface area contributed by atoms with Crippen LogP contribution < -0.4 is 10.6 Å². The molecule has 2 aromatic carbocycles. The van der Waals surface area contributed by atoms with Crippen molar-refractivity contribution in [2.24, 2.45) is 0 Å². The molecule has 1 amide bonds. The van der Waals surface area contributed by atoms with Gasteiger partial charge in [-0.05, 0) is 50.1 Å². The van der Waals surface area contributed by atoms with Crippen molar-refractivity contribution in [2.75, 3.05) is 10.6 Å². The minimum atomic E-state index is -0.137. The molecule has 0 unspecified atom stereocenters. The summed E-state index contributed by atoms with van der Waals surface area (Å²) >= 11 is 0. The monoisotopic (exact) mass is 364 g/mol. The first-order chi connectivity index (χ1) is 13.1. The molecule has 0 aliphatic rings. The number of hydrogen-bond acceptors (Lipinski definition) is 5. The van der Waals surface area contributed by atoms with E-state index in [-0.39, 0.29) is 11.9 Å². The third-order valence-electron chi connectivity index (χ3n) is 4.32. The summed E-state index contributed by atoms with van der Waals surface area (Å²) in [5.74, 6) is 1.14. The number of amides is 1. The van der Waals surface area contributed by atoms with Gasteiger partial charge in [-0.25, -0.2) is 0 Å². The van der Waals surface area contributed by atoms with Gasteiger partial charge in [0.15, 0.2) is 5.82 Å². The highest BCUT2D eigenvalue weighted by molar-refractivity contribution is 6.04. The molecule has 27 heavy (non-hydrogen) atoms. The Morgan fingerprint density at radius 1 is 1.11 bits per heavy atom. The molecule has 6 nitrogen and oxygen atoms in total. The highest BCUT2D eigenvalue weighted by Gasteiger charge is 2.16. The summed E-state index contributed by atoms with van der Waals surface area (Å²) in [7, 11) is 0. The van der Waals surface area contributed by atoms with Gasteiger partial charge in [-0.3, -0.25) is 4.79 Å². The second-order valence-electron chi connectivity index (χ2n) is 6.46. The molecular weight excluding hydrogens is 340 g/mol. The zero-order chi connectivity index (χ0) is 19.2. The average molecular weight is 364 g/mol. The third-order valence-corrected chi connectivity index (χ3v) is 4.32. The summed E-state index contributed by atoms with van der Waals surface area (Å²) in [6.45, 7) is 6.01. The number of carbonyl (C=O) groups excluding carboxylic acids is 1. The Bertz CT molecular complexity index is 906. The van der Waals surface area contributed by atoms with Crippen molar-refractivity contribution in [3.8, 4) is 0 Å². The molecule has 0 spiro atoms. The highest BCUT2D eigenvalue weighted by atomic mass is 16.5. The summed E-state index contributed by atoms with van der Waals surface area (Å²) in [5.41, 5.74) is 3.24. The first kappa shape index (κ1) is 18.6. The molecule has 0 saturated heterocycles. The van der Waals surface area contributed by atoms with E-state index in [0.717, 1.165) is 35.6 Å². The second kappa shape index (κ2) is 8.49. The van der Waals surface area contributed by atoms with E-state index < -0.39 is 0 Å². The molecule has 140 valence electrons. The number of aromatic nitrogens is 2. The van der Waals surface area contributed by atoms with E-state index in [1.807, 2.05) is 50.2 Å². The molecular formula is C21H24N4O2. The molecule has 1 heterocycles. The lowest BCUT2D eigenvalue weighted by Gasteiger charge is -2.16. The lowest BCUT2D eigenvalue weighted by Crippen LogP contribution is -2.14. The fraction of sp³-hybridized carbons (Fsp3) is 0.286. The first-order valence-corrected chi connectivity index (χ1v) is 9.13. The fourth-order valence-corrected chi connectivity index (χ4v) is 2.77. The first-order valence-electron chi connectivity index (χ1n) is 9.13. The lowest BCUT2D eigenvalue weighted by molar-refractivity contribution is 0.102. The van der Waals surface area contributed by atoms with Crippen LogP contribution in [0.15, 0.2) is 53.1 Å². The predicted molar refractivity (Wildman–Crippen MR) is 106 cm³/mol. The molecule has 0 bridgehead atoms. The van der Waals surface area contributed by atoms with Gasteiger partial charge >= 0.3 is 0 Å². The van der Waals surface area contributed by atoms with Crippen LogP contribution >= 0.6 is 0 Å². The number of carbonyl (C=O) groups is 1. The minimum absolute atomic E-state index is 0.134. The molecule has 0 aliphatic heterocycles. The van der Waals surface area contributed by atoms with Crippen molar-refractivity contribution >= 4 is 17.3 Å². The Morgan fingerprint density at radius 2 is 1.85 bits per heavy atom. The van der Waals surface area contributed by atoms with Gasteiger partial charge in [-0.1, -0.05) is 36.3 Å². The molecule has 3 rings (SSSR count). The molecule has 1 atom stereocenters. The smallest absolute Gasteiger partial charge is 0.255 e. The predicted octanol–water partition coefficient (Wildman–Crippen LogP) is 4.76. The Balaban J connectivity index is 1.73. The quantitative estimate of drug-likeness (QED) is 0.632. The van der Waals surface area contributed by atoms with Gasteiger partial charge in [0, 0.05) is 23.4 Å². The van der Waals surface area contributed by atoms with Crippen molar-refractivity contribution in [1.82, 2.24) is 10.1 Å². The minimum Gasteiger partial charge on any atom is -0.374 e. The molecule has 0 radical (unpaired) electrons. The lowest BCUT2D eigenvalue weighted by atomic mass is 10.1. The SMILES string of the molecule is CCCc1noc([C@H](C)Nc2cccc(NC(=O)c3ccccc3)c2C)n1. The fourth-order valence-electron chi connectivity index (χ4n) is 2.77. The van der Waals surface area contributed by atoms with Crippen molar-refractivity contribution in [3.63, 3.8) is 0 Å². The standard InChI is InChI=1S/C21H24N4O2/c1-4-9-19-24-21(27-25-19)15(3)22-17-12-8-13-18(14(17)2)23-20(26)16-10-6-5-7-11-16/h5-8,10-13,15,22H,4,9H2,1-3H3,(H,23,26)/t15-/m0/s1. The summed E-state index contributed by atoms with van der Waals surface area (Å²) in [5, 5.41) is 10.4. The summed E-state index contributed by atoms with van der Waals surface area (Å²) in [4.78, 5) is 16.8. The van der Waals surface area contributed by atoms with Crippen LogP contribution in [-0.2, 0) is 6.42 Å². The molecule has 3 aromatic rings. The van der Waals surface area contributed by atoms with E-state index in [1.165, 1.54) is 0 Å². The van der Waals surface area contributed by atoms with E-state index in [9.17, 15) is 4.79 Å². The van der Waals surface area contributed by atoms with Gasteiger partial charge in [-0.2, -0.15) is 4.98 Å². The van der Waals surface area contributed by atoms with Gasteiger partial charge in [-0.15, -0.1) is 0 Å². The normalized spacial score (nSPS) is 11.8. The van der Waals surface area contributed by atoms with E-state index in [4.69, 9.17) is 4.52 Å². The van der Waals surface area contributed by atoms with Crippen LogP contribution in [0.1, 0.15) is 53.9 Å². The zero-order valence-corrected chi connectivity index (χ0v) is 15.8. The second-order valence-corrected chi connectivity index (χ2v) is 6.46. The van der Waals surface area contributed by atoms with Crippen LogP contribution in [0, 0.1) is 6.92 Å². The Hall–Kier alpha value is -3.15. The third kappa shape index (κ3) is 4.53. The van der Waals surface area contributed by atoms with Gasteiger partial charge < -0.3 is 15.2 Å². The summed E-state index contributed by atoms with van der Waals surface area (Å²) in [6, 6.07) is 14.8. The van der Waals surface area contributed by atoms with Crippen LogP contribution in [0.2, 0.25) is 0 Å². The van der Waals surface area contributed by atoms with Crippen LogP contribution in [-0.4, -0.2) is 16.0 Å². The van der Waals surface area contributed by atoms with Gasteiger partial charge in [0.25, 0.3) is 5.91 Å². The summed E-state index contributed by atoms with van der Waals surface area (Å²) in [6.07, 6.45) is 1.78. The van der Waals surface area contributed by atoms with Gasteiger partial charge in [0.2, 0.25) is 5.89 Å². The molecule has 0 saturated carbocycles. The van der Waals surface area contributed by atoms with Crippen molar-refractivity contribution in [2.45, 2.75) is 39.7 Å². The Kier molecular flexibility index (Phi) is 5.86. The average Bonchev–Trinajstić information content (AvgIpc) is 3.15. The van der Waals surface area contributed by atoms with Crippen molar-refractivity contribution in [3.05, 3.63) is 71.4 Å². The van der Waals surface area contributed by atoms with Crippen LogP contribution in [0.5, 0.6) is 0 Å². The largest absolute Gasteiger partial charge is 0.374 e. The number of aryl methyl sites for hydroxylation is 1. The Labute approximate surface area is 159 Å². The number of nitrogens with one attached hydrogen (secondary N) is 2. The number of benzene rings is 2. The van der Waals surface area contributed by atoms with E-state index in [2.05, 4.69) is 27.7 Å². The van der Waals surface area contributed by atoms with Crippen LogP contribution in [0.4, 0.5) is 11.4 Å². The van der Waals surface area contributed by atoms with E-state index >= 15 is 0 Å². The van der Waals surface area contributed by atoms with Crippen molar-refractivity contribution in [1.29, 1.82) is 0 Å².